The van der Waals surface area contributed by atoms with E-state index in [0.29, 0.717) is 17.8 Å². The lowest BCUT2D eigenvalue weighted by Gasteiger charge is -2.11. The lowest BCUT2D eigenvalue weighted by atomic mass is 9.99. The van der Waals surface area contributed by atoms with Crippen molar-refractivity contribution in [2.24, 2.45) is 5.92 Å². The molecule has 35 heavy (non-hydrogen) atoms. The molecule has 0 atom stereocenters. The highest BCUT2D eigenvalue weighted by Crippen LogP contribution is 2.31. The number of hydrogen-bond acceptors (Lipinski definition) is 7. The summed E-state index contributed by atoms with van der Waals surface area (Å²) in [6.07, 6.45) is 7.65. The highest BCUT2D eigenvalue weighted by molar-refractivity contribution is 5.93. The zero-order valence-electron chi connectivity index (χ0n) is 19.6. The quantitative estimate of drug-likeness (QED) is 0.393. The number of carbonyl (C=O) groups is 2. The number of aryl methyl sites for hydroxylation is 1. The Hall–Kier alpha value is -4.46. The van der Waals surface area contributed by atoms with Gasteiger partial charge < -0.3 is 10.6 Å². The van der Waals surface area contributed by atoms with E-state index in [-0.39, 0.29) is 11.8 Å². The van der Waals surface area contributed by atoms with E-state index in [2.05, 4.69) is 62.0 Å². The van der Waals surface area contributed by atoms with Gasteiger partial charge in [-0.1, -0.05) is 6.07 Å². The van der Waals surface area contributed by atoms with Crippen molar-refractivity contribution in [1.82, 2.24) is 20.2 Å². The van der Waals surface area contributed by atoms with E-state index in [4.69, 9.17) is 0 Å². The zero-order chi connectivity index (χ0) is 24.6. The van der Waals surface area contributed by atoms with Gasteiger partial charge in [-0.15, -0.1) is 5.10 Å². The van der Waals surface area contributed by atoms with Gasteiger partial charge in [-0.2, -0.15) is 5.10 Å². The summed E-state index contributed by atoms with van der Waals surface area (Å²) in [7, 11) is 1.92. The normalized spacial score (nSPS) is 12.2. The number of benzene rings is 1. The van der Waals surface area contributed by atoms with E-state index in [1.165, 1.54) is 17.3 Å². The van der Waals surface area contributed by atoms with Crippen LogP contribution in [0.4, 0.5) is 11.5 Å². The highest BCUT2D eigenvalue weighted by atomic mass is 16.2. The summed E-state index contributed by atoms with van der Waals surface area (Å²) in [6, 6.07) is 17.5. The van der Waals surface area contributed by atoms with Crippen LogP contribution < -0.4 is 10.6 Å². The molecule has 1 amide bonds. The molecule has 8 heteroatoms. The third kappa shape index (κ3) is 6.32. The van der Waals surface area contributed by atoms with Gasteiger partial charge in [-0.3, -0.25) is 14.6 Å². The largest absolute Gasteiger partial charge is 0.388 e. The SMILES string of the molecule is CNc1ccc(C)c(-c2ccnc(-c3ccnc(NC(=O)C4CC4)c3)c2)c1.O=Cc1cccnn1. The molecule has 0 unspecified atom stereocenters. The van der Waals surface area contributed by atoms with Crippen molar-refractivity contribution in [3.63, 3.8) is 0 Å². The first-order chi connectivity index (χ1) is 17.1. The molecular weight excluding hydrogens is 440 g/mol. The lowest BCUT2D eigenvalue weighted by Crippen LogP contribution is -2.14. The van der Waals surface area contributed by atoms with E-state index >= 15 is 0 Å². The second kappa shape index (κ2) is 11.1. The van der Waals surface area contributed by atoms with Crippen molar-refractivity contribution in [3.8, 4) is 22.4 Å². The van der Waals surface area contributed by atoms with Crippen LogP contribution in [0.3, 0.4) is 0 Å². The van der Waals surface area contributed by atoms with Gasteiger partial charge in [0.1, 0.15) is 11.5 Å². The average Bonchev–Trinajstić information content (AvgIpc) is 3.76. The number of amides is 1. The Morgan fingerprint density at radius 2 is 1.77 bits per heavy atom. The summed E-state index contributed by atoms with van der Waals surface area (Å²) in [6.45, 7) is 2.10. The Morgan fingerprint density at radius 1 is 0.971 bits per heavy atom. The fraction of sp³-hybridized carbons (Fsp3) is 0.185. The monoisotopic (exact) mass is 466 g/mol. The number of aldehydes is 1. The third-order valence-corrected chi connectivity index (χ3v) is 5.57. The fourth-order valence-corrected chi connectivity index (χ4v) is 3.45. The summed E-state index contributed by atoms with van der Waals surface area (Å²) >= 11 is 0. The van der Waals surface area contributed by atoms with E-state index < -0.39 is 0 Å². The average molecular weight is 467 g/mol. The molecule has 3 aromatic heterocycles. The first kappa shape index (κ1) is 23.7. The zero-order valence-corrected chi connectivity index (χ0v) is 19.6. The smallest absolute Gasteiger partial charge is 0.228 e. The standard InChI is InChI=1S/C22H22N4O.C5H4N2O/c1-14-3-6-18(23-2)13-19(14)16-7-9-24-20(11-16)17-8-10-25-21(12-17)26-22(27)15-4-5-15;8-4-5-2-1-3-6-7-5/h3,6-13,15,23H,4-5H2,1-2H3,(H,25,26,27);1-4H. The molecular formula is C27H26N6O2. The maximum Gasteiger partial charge on any atom is 0.228 e. The Morgan fingerprint density at radius 3 is 2.46 bits per heavy atom. The maximum absolute atomic E-state index is 12.0. The van der Waals surface area contributed by atoms with Crippen LogP contribution in [-0.2, 0) is 4.79 Å². The van der Waals surface area contributed by atoms with Gasteiger partial charge in [0.15, 0.2) is 6.29 Å². The number of rotatable bonds is 6. The molecule has 4 aromatic rings. The summed E-state index contributed by atoms with van der Waals surface area (Å²) in [5.41, 5.74) is 6.71. The van der Waals surface area contributed by atoms with Crippen molar-refractivity contribution < 1.29 is 9.59 Å². The van der Waals surface area contributed by atoms with Gasteiger partial charge in [-0.25, -0.2) is 4.98 Å². The van der Waals surface area contributed by atoms with Crippen LogP contribution in [0.15, 0.2) is 73.2 Å². The number of anilines is 2. The van der Waals surface area contributed by atoms with E-state index in [9.17, 15) is 9.59 Å². The molecule has 0 bridgehead atoms. The molecule has 0 saturated heterocycles. The minimum Gasteiger partial charge on any atom is -0.388 e. The second-order valence-corrected chi connectivity index (χ2v) is 8.17. The van der Waals surface area contributed by atoms with Crippen molar-refractivity contribution in [2.75, 3.05) is 17.7 Å². The van der Waals surface area contributed by atoms with Crippen molar-refractivity contribution in [2.45, 2.75) is 19.8 Å². The highest BCUT2D eigenvalue weighted by Gasteiger charge is 2.29. The molecule has 0 aliphatic heterocycles. The number of nitrogens with one attached hydrogen (secondary N) is 2. The molecule has 1 aliphatic carbocycles. The van der Waals surface area contributed by atoms with E-state index in [1.807, 2.05) is 31.4 Å². The minimum absolute atomic E-state index is 0.0564. The summed E-state index contributed by atoms with van der Waals surface area (Å²) < 4.78 is 0. The predicted octanol–water partition coefficient (Wildman–Crippen LogP) is 4.80. The molecule has 0 radical (unpaired) electrons. The minimum atomic E-state index is 0.0564. The van der Waals surface area contributed by atoms with E-state index in [0.717, 1.165) is 35.3 Å². The predicted molar refractivity (Wildman–Crippen MR) is 136 cm³/mol. The fourth-order valence-electron chi connectivity index (χ4n) is 3.45. The second-order valence-electron chi connectivity index (χ2n) is 8.17. The summed E-state index contributed by atoms with van der Waals surface area (Å²) in [5, 5.41) is 13.0. The molecule has 1 fully saturated rings. The van der Waals surface area contributed by atoms with E-state index in [1.54, 1.807) is 18.3 Å². The Labute approximate surface area is 203 Å². The first-order valence-corrected chi connectivity index (χ1v) is 11.3. The third-order valence-electron chi connectivity index (χ3n) is 5.57. The molecule has 1 aromatic carbocycles. The van der Waals surface area contributed by atoms with Crippen LogP contribution in [0.2, 0.25) is 0 Å². The maximum atomic E-state index is 12.0. The van der Waals surface area contributed by atoms with Crippen molar-refractivity contribution in [1.29, 1.82) is 0 Å². The van der Waals surface area contributed by atoms with Crippen LogP contribution in [0.5, 0.6) is 0 Å². The van der Waals surface area contributed by atoms with Gasteiger partial charge in [0.05, 0.1) is 5.69 Å². The van der Waals surface area contributed by atoms with Gasteiger partial charge >= 0.3 is 0 Å². The number of hydrogen-bond donors (Lipinski definition) is 2. The lowest BCUT2D eigenvalue weighted by molar-refractivity contribution is -0.117. The topological polar surface area (TPSA) is 110 Å². The number of carbonyl (C=O) groups excluding carboxylic acids is 2. The number of pyridine rings is 2. The van der Waals surface area contributed by atoms with Gasteiger partial charge in [-0.05, 0) is 85.0 Å². The first-order valence-electron chi connectivity index (χ1n) is 11.3. The Balaban J connectivity index is 0.000000308. The molecule has 176 valence electrons. The summed E-state index contributed by atoms with van der Waals surface area (Å²) in [5.74, 6) is 0.783. The molecule has 1 aliphatic rings. The van der Waals surface area contributed by atoms with Gasteiger partial charge in [0, 0.05) is 42.8 Å². The Kier molecular flexibility index (Phi) is 7.52. The van der Waals surface area contributed by atoms with Crippen LogP contribution >= 0.6 is 0 Å². The van der Waals surface area contributed by atoms with Gasteiger partial charge in [0.25, 0.3) is 0 Å². The van der Waals surface area contributed by atoms with Crippen LogP contribution in [0.25, 0.3) is 22.4 Å². The molecule has 3 heterocycles. The number of aromatic nitrogens is 4. The van der Waals surface area contributed by atoms with Crippen LogP contribution in [0.1, 0.15) is 28.9 Å². The van der Waals surface area contributed by atoms with Crippen molar-refractivity contribution >= 4 is 23.7 Å². The molecule has 2 N–H and O–H groups in total. The summed E-state index contributed by atoms with van der Waals surface area (Å²) in [4.78, 5) is 30.7. The number of nitrogens with zero attached hydrogens (tertiary/aromatic N) is 4. The molecule has 5 rings (SSSR count). The molecule has 0 spiro atoms. The molecule has 8 nitrogen and oxygen atoms in total. The van der Waals surface area contributed by atoms with Crippen molar-refractivity contribution in [3.05, 3.63) is 84.4 Å². The van der Waals surface area contributed by atoms with Gasteiger partial charge in [0.2, 0.25) is 5.91 Å². The Bertz CT molecular complexity index is 1320. The molecule has 1 saturated carbocycles. The van der Waals surface area contributed by atoms with Crippen LogP contribution in [-0.4, -0.2) is 39.4 Å². The van der Waals surface area contributed by atoms with Crippen LogP contribution in [0, 0.1) is 12.8 Å².